The Labute approximate surface area is 193 Å². The van der Waals surface area contributed by atoms with Crippen LogP contribution in [0.2, 0.25) is 0 Å². The van der Waals surface area contributed by atoms with Gasteiger partial charge in [-0.05, 0) is 54.9 Å². The second-order valence-corrected chi connectivity index (χ2v) is 10.2. The van der Waals surface area contributed by atoms with Crippen LogP contribution in [0.15, 0.2) is 52.6 Å². The second kappa shape index (κ2) is 7.59. The summed E-state index contributed by atoms with van der Waals surface area (Å²) in [6.07, 6.45) is 6.55. The third-order valence-electron chi connectivity index (χ3n) is 8.45. The van der Waals surface area contributed by atoms with E-state index in [2.05, 4.69) is 29.1 Å². The third-order valence-corrected chi connectivity index (χ3v) is 8.45. The van der Waals surface area contributed by atoms with E-state index in [0.29, 0.717) is 41.3 Å². The monoisotopic (exact) mass is 446 g/mol. The number of ether oxygens (including phenoxy) is 1. The predicted octanol–water partition coefficient (Wildman–Crippen LogP) is 4.80. The van der Waals surface area contributed by atoms with E-state index >= 15 is 0 Å². The van der Waals surface area contributed by atoms with E-state index in [1.54, 1.807) is 0 Å². The van der Waals surface area contributed by atoms with Gasteiger partial charge in [-0.2, -0.15) is 0 Å². The number of aromatic nitrogens is 1. The highest BCUT2D eigenvalue weighted by molar-refractivity contribution is 6.06. The number of hydrogen-bond donors (Lipinski definition) is 1. The molecular formula is C27H30N2O4. The van der Waals surface area contributed by atoms with Crippen LogP contribution in [0.4, 0.5) is 0 Å². The van der Waals surface area contributed by atoms with Crippen LogP contribution in [0.3, 0.4) is 0 Å². The molecule has 2 fully saturated rings. The number of fused-ring (bicyclic) bond motifs is 7. The van der Waals surface area contributed by atoms with E-state index in [1.807, 2.05) is 44.4 Å². The van der Waals surface area contributed by atoms with Crippen LogP contribution in [0.5, 0.6) is 5.88 Å². The normalized spacial score (nSPS) is 33.9. The van der Waals surface area contributed by atoms with E-state index in [9.17, 15) is 9.90 Å². The fourth-order valence-corrected chi connectivity index (χ4v) is 7.18. The lowest BCUT2D eigenvalue weighted by atomic mass is 9.62. The highest BCUT2D eigenvalue weighted by atomic mass is 16.5. The standard InChI is InChI=1S/C27H30N2O4/c1-4-15-16-10-11-17(15)20-18(16)12-19-21(24(20)30)25(31)22-26(23(19)29(2)3)33-28-27(22)32-13-14-8-6-5-7-9-14/h5-11,15-20,23,31H,4,12-13H2,1-3H3/t15?,16-,17+,18-,19+,20+,23+/m0/s1. The van der Waals surface area contributed by atoms with Crippen LogP contribution in [0.1, 0.15) is 42.7 Å². The topological polar surface area (TPSA) is 75.8 Å². The van der Waals surface area contributed by atoms with Gasteiger partial charge in [0.25, 0.3) is 5.88 Å². The van der Waals surface area contributed by atoms with Crippen LogP contribution in [-0.4, -0.2) is 35.0 Å². The van der Waals surface area contributed by atoms with Crippen molar-refractivity contribution in [2.75, 3.05) is 14.1 Å². The first kappa shape index (κ1) is 20.7. The molecule has 6 heteroatoms. The first-order valence-corrected chi connectivity index (χ1v) is 12.0. The largest absolute Gasteiger partial charge is 0.507 e. The highest BCUT2D eigenvalue weighted by Crippen LogP contribution is 2.62. The molecule has 0 amide bonds. The van der Waals surface area contributed by atoms with Crippen LogP contribution in [0.25, 0.3) is 5.76 Å². The minimum Gasteiger partial charge on any atom is -0.507 e. The number of ketones is 1. The summed E-state index contributed by atoms with van der Waals surface area (Å²) in [4.78, 5) is 16.0. The van der Waals surface area contributed by atoms with Crippen molar-refractivity contribution in [1.29, 1.82) is 0 Å². The summed E-state index contributed by atoms with van der Waals surface area (Å²) >= 11 is 0. The van der Waals surface area contributed by atoms with Gasteiger partial charge >= 0.3 is 0 Å². The first-order valence-electron chi connectivity index (χ1n) is 12.0. The Balaban J connectivity index is 1.41. The van der Waals surface area contributed by atoms with E-state index in [-0.39, 0.29) is 41.2 Å². The Hall–Kier alpha value is -2.86. The maximum absolute atomic E-state index is 13.9. The molecule has 1 aromatic heterocycles. The molecule has 1 aromatic carbocycles. The van der Waals surface area contributed by atoms with Gasteiger partial charge in [-0.1, -0.05) is 55.8 Å². The summed E-state index contributed by atoms with van der Waals surface area (Å²) < 4.78 is 11.8. The summed E-state index contributed by atoms with van der Waals surface area (Å²) in [6, 6.07) is 9.64. The van der Waals surface area contributed by atoms with E-state index in [0.717, 1.165) is 18.4 Å². The maximum Gasteiger partial charge on any atom is 0.265 e. The fraction of sp³-hybridized carbons (Fsp3) is 0.481. The van der Waals surface area contributed by atoms with Crippen molar-refractivity contribution >= 4 is 11.5 Å². The van der Waals surface area contributed by atoms with Gasteiger partial charge in [-0.15, -0.1) is 0 Å². The van der Waals surface area contributed by atoms with Gasteiger partial charge in [0.2, 0.25) is 0 Å². The average molecular weight is 447 g/mol. The van der Waals surface area contributed by atoms with Crippen molar-refractivity contribution in [3.8, 4) is 5.88 Å². The SMILES string of the molecule is CCC1[C@H]2C=C[C@@H]1[C@@H]1C[C@@H]3C(=C(O)c4c(OCc5ccccc5)noc4[C@@H]3N(C)C)C(=O)[C@@H]12. The lowest BCUT2D eigenvalue weighted by Gasteiger charge is -2.43. The van der Waals surface area contributed by atoms with Gasteiger partial charge in [0.15, 0.2) is 11.5 Å². The number of allylic oxidation sites excluding steroid dienone is 2. The Bertz CT molecular complexity index is 1150. The molecule has 1 unspecified atom stereocenters. The van der Waals surface area contributed by atoms with Gasteiger partial charge in [0.05, 0.1) is 6.04 Å². The molecule has 33 heavy (non-hydrogen) atoms. The van der Waals surface area contributed by atoms with Crippen molar-refractivity contribution in [3.05, 3.63) is 64.9 Å². The predicted molar refractivity (Wildman–Crippen MR) is 123 cm³/mol. The van der Waals surface area contributed by atoms with Crippen LogP contribution in [-0.2, 0) is 11.4 Å². The molecule has 6 rings (SSSR count). The average Bonchev–Trinajstić information content (AvgIpc) is 3.50. The van der Waals surface area contributed by atoms with Crippen molar-refractivity contribution < 1.29 is 19.2 Å². The first-order chi connectivity index (χ1) is 16.0. The molecule has 6 nitrogen and oxygen atoms in total. The molecule has 0 spiro atoms. The number of carbonyl (C=O) groups excluding carboxylic acids is 1. The van der Waals surface area contributed by atoms with E-state index in [1.165, 1.54) is 0 Å². The number of Topliss-reactive ketones (excluding diaryl/α,β-unsaturated/α-hetero) is 1. The molecular weight excluding hydrogens is 416 g/mol. The molecule has 2 aromatic rings. The van der Waals surface area contributed by atoms with Crippen LogP contribution < -0.4 is 4.74 Å². The van der Waals surface area contributed by atoms with E-state index < -0.39 is 0 Å². The number of hydrogen-bond acceptors (Lipinski definition) is 6. The lowest BCUT2D eigenvalue weighted by Crippen LogP contribution is -2.44. The van der Waals surface area contributed by atoms with Gasteiger partial charge < -0.3 is 14.4 Å². The summed E-state index contributed by atoms with van der Waals surface area (Å²) in [7, 11) is 3.99. The second-order valence-electron chi connectivity index (χ2n) is 10.2. The van der Waals surface area contributed by atoms with Crippen molar-refractivity contribution in [2.45, 2.75) is 32.4 Å². The molecule has 7 atom stereocenters. The highest BCUT2D eigenvalue weighted by Gasteiger charge is 2.60. The Kier molecular flexibility index (Phi) is 4.77. The number of aliphatic hydroxyl groups is 1. The van der Waals surface area contributed by atoms with Crippen molar-refractivity contribution in [2.24, 2.45) is 35.5 Å². The molecule has 0 saturated heterocycles. The minimum atomic E-state index is -0.166. The zero-order valence-electron chi connectivity index (χ0n) is 19.3. The maximum atomic E-state index is 13.9. The molecule has 0 aliphatic heterocycles. The molecule has 1 N–H and O–H groups in total. The molecule has 4 aliphatic carbocycles. The minimum absolute atomic E-state index is 0.000614. The number of benzene rings is 1. The number of nitrogens with zero attached hydrogens (tertiary/aromatic N) is 2. The molecule has 2 bridgehead atoms. The summed E-state index contributed by atoms with van der Waals surface area (Å²) in [6.45, 7) is 2.53. The van der Waals surface area contributed by atoms with Crippen LogP contribution >= 0.6 is 0 Å². The Morgan fingerprint density at radius 3 is 2.67 bits per heavy atom. The van der Waals surface area contributed by atoms with Crippen molar-refractivity contribution in [1.82, 2.24) is 10.1 Å². The molecule has 1 heterocycles. The summed E-state index contributed by atoms with van der Waals surface area (Å²) in [5.74, 6) is 2.42. The van der Waals surface area contributed by atoms with Gasteiger partial charge in [0, 0.05) is 17.4 Å². The fourth-order valence-electron chi connectivity index (χ4n) is 7.18. The van der Waals surface area contributed by atoms with Crippen LogP contribution in [0, 0.1) is 35.5 Å². The summed E-state index contributed by atoms with van der Waals surface area (Å²) in [5.41, 5.74) is 1.98. The molecule has 172 valence electrons. The zero-order chi connectivity index (χ0) is 22.9. The number of carbonyl (C=O) groups is 1. The van der Waals surface area contributed by atoms with Gasteiger partial charge in [-0.3, -0.25) is 9.69 Å². The van der Waals surface area contributed by atoms with Crippen molar-refractivity contribution in [3.63, 3.8) is 0 Å². The lowest BCUT2D eigenvalue weighted by molar-refractivity contribution is -0.124. The quantitative estimate of drug-likeness (QED) is 0.665. The smallest absolute Gasteiger partial charge is 0.265 e. The third kappa shape index (κ3) is 2.89. The summed E-state index contributed by atoms with van der Waals surface area (Å²) in [5, 5.41) is 15.6. The van der Waals surface area contributed by atoms with E-state index in [4.69, 9.17) is 9.26 Å². The number of aliphatic hydroxyl groups excluding tert-OH is 1. The Morgan fingerprint density at radius 1 is 1.18 bits per heavy atom. The molecule has 2 saturated carbocycles. The van der Waals surface area contributed by atoms with Gasteiger partial charge in [-0.25, -0.2) is 0 Å². The zero-order valence-corrected chi connectivity index (χ0v) is 19.3. The Morgan fingerprint density at radius 2 is 1.94 bits per heavy atom. The molecule has 4 aliphatic rings. The molecule has 0 radical (unpaired) electrons. The van der Waals surface area contributed by atoms with Gasteiger partial charge in [0.1, 0.15) is 17.9 Å². The number of rotatable bonds is 5.